The summed E-state index contributed by atoms with van der Waals surface area (Å²) in [5.41, 5.74) is 2.96. The van der Waals surface area contributed by atoms with Crippen LogP contribution in [0.3, 0.4) is 0 Å². The van der Waals surface area contributed by atoms with Crippen LogP contribution in [0, 0.1) is 0 Å². The SMILES string of the molecule is COc1ccc(CNC(=O)c2cn[nH]c2-c2ccccc2)c(OC)c1. The van der Waals surface area contributed by atoms with Gasteiger partial charge in [-0.3, -0.25) is 9.89 Å². The molecule has 1 aromatic heterocycles. The molecule has 2 aromatic carbocycles. The number of rotatable bonds is 6. The third kappa shape index (κ3) is 3.63. The molecule has 0 spiro atoms. The lowest BCUT2D eigenvalue weighted by molar-refractivity contribution is 0.0951. The van der Waals surface area contributed by atoms with Crippen molar-refractivity contribution in [3.05, 3.63) is 65.9 Å². The molecule has 6 heteroatoms. The minimum absolute atomic E-state index is 0.203. The highest BCUT2D eigenvalue weighted by Crippen LogP contribution is 2.25. The van der Waals surface area contributed by atoms with Crippen molar-refractivity contribution in [3.63, 3.8) is 0 Å². The Morgan fingerprint density at radius 1 is 1.12 bits per heavy atom. The minimum atomic E-state index is -0.203. The summed E-state index contributed by atoms with van der Waals surface area (Å²) in [6.07, 6.45) is 1.53. The van der Waals surface area contributed by atoms with Crippen molar-refractivity contribution in [1.29, 1.82) is 0 Å². The first-order valence-electron chi connectivity index (χ1n) is 7.81. The van der Waals surface area contributed by atoms with Crippen LogP contribution in [0.2, 0.25) is 0 Å². The van der Waals surface area contributed by atoms with E-state index in [-0.39, 0.29) is 5.91 Å². The molecule has 25 heavy (non-hydrogen) atoms. The molecule has 0 atom stereocenters. The third-order valence-electron chi connectivity index (χ3n) is 3.88. The molecule has 0 aliphatic rings. The molecule has 1 heterocycles. The maximum Gasteiger partial charge on any atom is 0.255 e. The molecule has 128 valence electrons. The summed E-state index contributed by atoms with van der Waals surface area (Å²) in [5.74, 6) is 1.16. The van der Waals surface area contributed by atoms with Gasteiger partial charge in [0.15, 0.2) is 0 Å². The number of nitrogens with one attached hydrogen (secondary N) is 2. The number of H-pyrrole nitrogens is 1. The fourth-order valence-electron chi connectivity index (χ4n) is 2.55. The molecule has 0 unspecified atom stereocenters. The van der Waals surface area contributed by atoms with Crippen molar-refractivity contribution < 1.29 is 14.3 Å². The second-order valence-electron chi connectivity index (χ2n) is 5.39. The molecular formula is C19H19N3O3. The zero-order valence-corrected chi connectivity index (χ0v) is 14.1. The molecule has 0 saturated carbocycles. The van der Waals surface area contributed by atoms with Crippen molar-refractivity contribution in [3.8, 4) is 22.8 Å². The van der Waals surface area contributed by atoms with Gasteiger partial charge in [-0.1, -0.05) is 30.3 Å². The van der Waals surface area contributed by atoms with Crippen LogP contribution in [0.5, 0.6) is 11.5 Å². The quantitative estimate of drug-likeness (QED) is 0.725. The van der Waals surface area contributed by atoms with E-state index in [9.17, 15) is 4.79 Å². The molecule has 3 aromatic rings. The number of hydrogen-bond acceptors (Lipinski definition) is 4. The molecular weight excluding hydrogens is 318 g/mol. The highest BCUT2D eigenvalue weighted by atomic mass is 16.5. The molecule has 0 bridgehead atoms. The maximum absolute atomic E-state index is 12.6. The van der Waals surface area contributed by atoms with Gasteiger partial charge >= 0.3 is 0 Å². The Morgan fingerprint density at radius 2 is 1.92 bits per heavy atom. The number of carbonyl (C=O) groups excluding carboxylic acids is 1. The van der Waals surface area contributed by atoms with Gasteiger partial charge in [0.05, 0.1) is 31.7 Å². The lowest BCUT2D eigenvalue weighted by atomic mass is 10.1. The Kier molecular flexibility index (Phi) is 4.99. The van der Waals surface area contributed by atoms with E-state index in [4.69, 9.17) is 9.47 Å². The number of aromatic amines is 1. The standard InChI is InChI=1S/C19H19N3O3/c1-24-15-9-8-14(17(10-15)25-2)11-20-19(23)16-12-21-22-18(16)13-6-4-3-5-7-13/h3-10,12H,11H2,1-2H3,(H,20,23)(H,21,22). The number of carbonyl (C=O) groups is 1. The van der Waals surface area contributed by atoms with Gasteiger partial charge in [0.25, 0.3) is 5.91 Å². The Labute approximate surface area is 145 Å². The molecule has 0 radical (unpaired) electrons. The van der Waals surface area contributed by atoms with Gasteiger partial charge in [-0.05, 0) is 12.1 Å². The van der Waals surface area contributed by atoms with Gasteiger partial charge in [-0.2, -0.15) is 5.10 Å². The highest BCUT2D eigenvalue weighted by Gasteiger charge is 2.15. The van der Waals surface area contributed by atoms with E-state index < -0.39 is 0 Å². The molecule has 0 fully saturated rings. The molecule has 0 aliphatic carbocycles. The zero-order valence-electron chi connectivity index (χ0n) is 14.1. The number of amides is 1. The largest absolute Gasteiger partial charge is 0.497 e. The first-order valence-corrected chi connectivity index (χ1v) is 7.81. The summed E-state index contributed by atoms with van der Waals surface area (Å²) < 4.78 is 10.5. The third-order valence-corrected chi connectivity index (χ3v) is 3.88. The molecule has 6 nitrogen and oxygen atoms in total. The second kappa shape index (κ2) is 7.53. The van der Waals surface area contributed by atoms with E-state index >= 15 is 0 Å². The summed E-state index contributed by atoms with van der Waals surface area (Å²) >= 11 is 0. The Hall–Kier alpha value is -3.28. The Bertz CT molecular complexity index is 859. The minimum Gasteiger partial charge on any atom is -0.497 e. The van der Waals surface area contributed by atoms with E-state index in [1.54, 1.807) is 20.3 Å². The summed E-state index contributed by atoms with van der Waals surface area (Å²) in [6, 6.07) is 15.1. The number of hydrogen-bond donors (Lipinski definition) is 2. The summed E-state index contributed by atoms with van der Waals surface area (Å²) in [5, 5.41) is 9.79. The fourth-order valence-corrected chi connectivity index (χ4v) is 2.55. The van der Waals surface area contributed by atoms with Crippen LogP contribution >= 0.6 is 0 Å². The van der Waals surface area contributed by atoms with Crippen molar-refractivity contribution in [2.45, 2.75) is 6.54 Å². The smallest absolute Gasteiger partial charge is 0.255 e. The van der Waals surface area contributed by atoms with Crippen LogP contribution in [0.1, 0.15) is 15.9 Å². The predicted octanol–water partition coefficient (Wildman–Crippen LogP) is 3.02. The number of nitrogens with zero attached hydrogens (tertiary/aromatic N) is 1. The average Bonchev–Trinajstić information content (AvgIpc) is 3.16. The van der Waals surface area contributed by atoms with Crippen LogP contribution in [0.25, 0.3) is 11.3 Å². The molecule has 2 N–H and O–H groups in total. The topological polar surface area (TPSA) is 76.2 Å². The highest BCUT2D eigenvalue weighted by molar-refractivity contribution is 5.99. The monoisotopic (exact) mass is 337 g/mol. The van der Waals surface area contributed by atoms with Gasteiger partial charge in [0, 0.05) is 23.7 Å². The summed E-state index contributed by atoms with van der Waals surface area (Å²) in [6.45, 7) is 0.339. The van der Waals surface area contributed by atoms with Crippen molar-refractivity contribution in [1.82, 2.24) is 15.5 Å². The van der Waals surface area contributed by atoms with Crippen molar-refractivity contribution >= 4 is 5.91 Å². The summed E-state index contributed by atoms with van der Waals surface area (Å²) in [4.78, 5) is 12.6. The number of ether oxygens (including phenoxy) is 2. The fraction of sp³-hybridized carbons (Fsp3) is 0.158. The van der Waals surface area contributed by atoms with Crippen LogP contribution < -0.4 is 14.8 Å². The first kappa shape index (κ1) is 16.6. The second-order valence-corrected chi connectivity index (χ2v) is 5.39. The van der Waals surface area contributed by atoms with Gasteiger partial charge in [-0.25, -0.2) is 0 Å². The predicted molar refractivity (Wildman–Crippen MR) is 94.7 cm³/mol. The van der Waals surface area contributed by atoms with Gasteiger partial charge < -0.3 is 14.8 Å². The maximum atomic E-state index is 12.6. The number of methoxy groups -OCH3 is 2. The normalized spacial score (nSPS) is 10.3. The molecule has 0 aliphatic heterocycles. The van der Waals surface area contributed by atoms with E-state index in [0.717, 1.165) is 11.1 Å². The summed E-state index contributed by atoms with van der Waals surface area (Å²) in [7, 11) is 3.18. The molecule has 3 rings (SSSR count). The first-order chi connectivity index (χ1) is 12.2. The zero-order chi connectivity index (χ0) is 17.6. The van der Waals surface area contributed by atoms with Crippen molar-refractivity contribution in [2.24, 2.45) is 0 Å². The van der Waals surface area contributed by atoms with E-state index in [1.165, 1.54) is 6.20 Å². The van der Waals surface area contributed by atoms with E-state index in [0.29, 0.717) is 29.3 Å². The van der Waals surface area contributed by atoms with Crippen LogP contribution in [-0.4, -0.2) is 30.3 Å². The van der Waals surface area contributed by atoms with E-state index in [2.05, 4.69) is 15.5 Å². The number of benzene rings is 2. The van der Waals surface area contributed by atoms with E-state index in [1.807, 2.05) is 42.5 Å². The van der Waals surface area contributed by atoms with Crippen LogP contribution in [-0.2, 0) is 6.54 Å². The molecule has 0 saturated heterocycles. The van der Waals surface area contributed by atoms with Gasteiger partial charge in [0.1, 0.15) is 11.5 Å². The Morgan fingerprint density at radius 3 is 2.64 bits per heavy atom. The lowest BCUT2D eigenvalue weighted by Crippen LogP contribution is -2.23. The lowest BCUT2D eigenvalue weighted by Gasteiger charge is -2.11. The number of aromatic nitrogens is 2. The van der Waals surface area contributed by atoms with Crippen molar-refractivity contribution in [2.75, 3.05) is 14.2 Å². The van der Waals surface area contributed by atoms with Crippen LogP contribution in [0.4, 0.5) is 0 Å². The van der Waals surface area contributed by atoms with Crippen LogP contribution in [0.15, 0.2) is 54.7 Å². The van der Waals surface area contributed by atoms with Gasteiger partial charge in [-0.15, -0.1) is 0 Å². The molecule has 1 amide bonds. The average molecular weight is 337 g/mol. The van der Waals surface area contributed by atoms with Gasteiger partial charge in [0.2, 0.25) is 0 Å². The Balaban J connectivity index is 1.75.